The van der Waals surface area contributed by atoms with Gasteiger partial charge in [0.15, 0.2) is 0 Å². The van der Waals surface area contributed by atoms with Crippen LogP contribution in [0.5, 0.6) is 0 Å². The number of halogens is 1. The zero-order valence-corrected chi connectivity index (χ0v) is 12.7. The van der Waals surface area contributed by atoms with Gasteiger partial charge in [-0.15, -0.1) is 11.8 Å². The lowest BCUT2D eigenvalue weighted by molar-refractivity contribution is 0.581. The van der Waals surface area contributed by atoms with Crippen molar-refractivity contribution in [1.82, 2.24) is 5.32 Å². The first kappa shape index (κ1) is 15.1. The molecule has 0 heterocycles. The van der Waals surface area contributed by atoms with E-state index in [1.54, 1.807) is 13.0 Å². The maximum atomic E-state index is 13.5. The second kappa shape index (κ2) is 7.46. The maximum absolute atomic E-state index is 13.5. The maximum Gasteiger partial charge on any atom is 0.126 e. The largest absolute Gasteiger partial charge is 0.309 e. The van der Waals surface area contributed by atoms with Crippen molar-refractivity contribution in [2.45, 2.75) is 24.8 Å². The molecular formula is C17H20FNS. The van der Waals surface area contributed by atoms with Crippen molar-refractivity contribution in [2.24, 2.45) is 0 Å². The number of nitrogens with one attached hydrogen (secondary N) is 1. The molecule has 0 spiro atoms. The molecule has 0 bridgehead atoms. The Balaban J connectivity index is 1.77. The molecule has 1 nitrogen and oxygen atoms in total. The minimum Gasteiger partial charge on any atom is -0.309 e. The lowest BCUT2D eigenvalue weighted by atomic mass is 10.1. The molecule has 1 atom stereocenters. The number of rotatable bonds is 6. The van der Waals surface area contributed by atoms with Crippen LogP contribution in [0.1, 0.15) is 24.1 Å². The van der Waals surface area contributed by atoms with Gasteiger partial charge in [0.05, 0.1) is 0 Å². The second-order valence-electron chi connectivity index (χ2n) is 4.85. The minimum absolute atomic E-state index is 0.130. The molecule has 0 radical (unpaired) electrons. The van der Waals surface area contributed by atoms with Gasteiger partial charge in [0.2, 0.25) is 0 Å². The normalized spacial score (nSPS) is 12.3. The van der Waals surface area contributed by atoms with E-state index in [2.05, 4.69) is 24.4 Å². The van der Waals surface area contributed by atoms with Crippen molar-refractivity contribution in [3.8, 4) is 0 Å². The van der Waals surface area contributed by atoms with Crippen LogP contribution in [0.2, 0.25) is 0 Å². The first-order valence-electron chi connectivity index (χ1n) is 6.84. The summed E-state index contributed by atoms with van der Waals surface area (Å²) in [6.07, 6.45) is 0. The monoisotopic (exact) mass is 289 g/mol. The van der Waals surface area contributed by atoms with Gasteiger partial charge in [0, 0.05) is 23.2 Å². The molecule has 20 heavy (non-hydrogen) atoms. The fourth-order valence-corrected chi connectivity index (χ4v) is 2.76. The van der Waals surface area contributed by atoms with Crippen molar-refractivity contribution >= 4 is 11.8 Å². The number of thioether (sulfide) groups is 1. The minimum atomic E-state index is -0.130. The van der Waals surface area contributed by atoms with E-state index >= 15 is 0 Å². The molecule has 2 rings (SSSR count). The second-order valence-corrected chi connectivity index (χ2v) is 6.01. The van der Waals surface area contributed by atoms with Crippen LogP contribution >= 0.6 is 11.8 Å². The van der Waals surface area contributed by atoms with Crippen LogP contribution in [-0.4, -0.2) is 12.3 Å². The summed E-state index contributed by atoms with van der Waals surface area (Å²) >= 11 is 1.83. The van der Waals surface area contributed by atoms with E-state index in [0.717, 1.165) is 17.9 Å². The number of hydrogen-bond donors (Lipinski definition) is 1. The standard InChI is InChI=1S/C17H20FNS/c1-13-8-9-15(12-17(13)18)14(2)19-10-11-20-16-6-4-3-5-7-16/h3-9,12,14,19H,10-11H2,1-2H3. The summed E-state index contributed by atoms with van der Waals surface area (Å²) in [7, 11) is 0. The van der Waals surface area contributed by atoms with E-state index in [-0.39, 0.29) is 11.9 Å². The van der Waals surface area contributed by atoms with Gasteiger partial charge in [-0.25, -0.2) is 4.39 Å². The molecule has 2 aromatic carbocycles. The predicted octanol–water partition coefficient (Wildman–Crippen LogP) is 4.58. The summed E-state index contributed by atoms with van der Waals surface area (Å²) in [6.45, 7) is 4.75. The Labute approximate surface area is 124 Å². The Morgan fingerprint density at radius 3 is 2.60 bits per heavy atom. The van der Waals surface area contributed by atoms with E-state index in [9.17, 15) is 4.39 Å². The number of benzene rings is 2. The van der Waals surface area contributed by atoms with Crippen LogP contribution in [0.25, 0.3) is 0 Å². The summed E-state index contributed by atoms with van der Waals surface area (Å²) in [5.74, 6) is 0.873. The third kappa shape index (κ3) is 4.36. The van der Waals surface area contributed by atoms with Crippen LogP contribution in [0.15, 0.2) is 53.4 Å². The average molecular weight is 289 g/mol. The molecule has 1 N–H and O–H groups in total. The highest BCUT2D eigenvalue weighted by Crippen LogP contribution is 2.18. The van der Waals surface area contributed by atoms with Crippen LogP contribution < -0.4 is 5.32 Å². The van der Waals surface area contributed by atoms with Crippen molar-refractivity contribution in [3.63, 3.8) is 0 Å². The molecule has 0 aliphatic rings. The highest BCUT2D eigenvalue weighted by Gasteiger charge is 2.06. The van der Waals surface area contributed by atoms with Gasteiger partial charge in [0.1, 0.15) is 5.82 Å². The van der Waals surface area contributed by atoms with Crippen molar-refractivity contribution in [1.29, 1.82) is 0 Å². The van der Waals surface area contributed by atoms with Crippen LogP contribution in [0.3, 0.4) is 0 Å². The molecule has 0 aliphatic heterocycles. The average Bonchev–Trinajstić information content (AvgIpc) is 2.47. The molecule has 0 fully saturated rings. The van der Waals surface area contributed by atoms with E-state index in [4.69, 9.17) is 0 Å². The highest BCUT2D eigenvalue weighted by molar-refractivity contribution is 7.99. The highest BCUT2D eigenvalue weighted by atomic mass is 32.2. The van der Waals surface area contributed by atoms with Crippen molar-refractivity contribution < 1.29 is 4.39 Å². The third-order valence-electron chi connectivity index (χ3n) is 3.26. The van der Waals surface area contributed by atoms with Crippen molar-refractivity contribution in [3.05, 3.63) is 65.5 Å². The molecule has 106 valence electrons. The fraction of sp³-hybridized carbons (Fsp3) is 0.294. The molecule has 0 saturated heterocycles. The van der Waals surface area contributed by atoms with Gasteiger partial charge in [-0.05, 0) is 43.2 Å². The van der Waals surface area contributed by atoms with E-state index < -0.39 is 0 Å². The molecular weight excluding hydrogens is 269 g/mol. The van der Waals surface area contributed by atoms with Gasteiger partial charge >= 0.3 is 0 Å². The van der Waals surface area contributed by atoms with E-state index in [1.165, 1.54) is 4.90 Å². The van der Waals surface area contributed by atoms with E-state index in [0.29, 0.717) is 5.56 Å². The zero-order valence-electron chi connectivity index (χ0n) is 11.9. The molecule has 2 aromatic rings. The Bertz CT molecular complexity index is 542. The molecule has 0 aromatic heterocycles. The zero-order chi connectivity index (χ0) is 14.4. The predicted molar refractivity (Wildman–Crippen MR) is 84.7 cm³/mol. The quantitative estimate of drug-likeness (QED) is 0.617. The Morgan fingerprint density at radius 2 is 1.90 bits per heavy atom. The number of hydrogen-bond acceptors (Lipinski definition) is 2. The number of aryl methyl sites for hydroxylation is 1. The topological polar surface area (TPSA) is 12.0 Å². The lowest BCUT2D eigenvalue weighted by Crippen LogP contribution is -2.21. The third-order valence-corrected chi connectivity index (χ3v) is 4.27. The summed E-state index contributed by atoms with van der Waals surface area (Å²) in [5.41, 5.74) is 1.69. The molecule has 0 saturated carbocycles. The van der Waals surface area contributed by atoms with Gasteiger partial charge < -0.3 is 5.32 Å². The lowest BCUT2D eigenvalue weighted by Gasteiger charge is -2.14. The summed E-state index contributed by atoms with van der Waals surface area (Å²) in [5, 5.41) is 3.43. The van der Waals surface area contributed by atoms with Crippen molar-refractivity contribution in [2.75, 3.05) is 12.3 Å². The van der Waals surface area contributed by atoms with E-state index in [1.807, 2.05) is 42.1 Å². The molecule has 0 amide bonds. The van der Waals surface area contributed by atoms with Gasteiger partial charge in [-0.1, -0.05) is 30.3 Å². The Hall–Kier alpha value is -1.32. The van der Waals surface area contributed by atoms with Gasteiger partial charge in [-0.3, -0.25) is 0 Å². The summed E-state index contributed by atoms with van der Waals surface area (Å²) in [4.78, 5) is 1.28. The SMILES string of the molecule is Cc1ccc(C(C)NCCSc2ccccc2)cc1F. The smallest absolute Gasteiger partial charge is 0.126 e. The Morgan fingerprint density at radius 1 is 1.15 bits per heavy atom. The van der Waals surface area contributed by atoms with Crippen LogP contribution in [0.4, 0.5) is 4.39 Å². The van der Waals surface area contributed by atoms with Crippen LogP contribution in [0, 0.1) is 12.7 Å². The molecule has 1 unspecified atom stereocenters. The van der Waals surface area contributed by atoms with Gasteiger partial charge in [-0.2, -0.15) is 0 Å². The summed E-state index contributed by atoms with van der Waals surface area (Å²) in [6, 6.07) is 16.0. The first-order chi connectivity index (χ1) is 9.66. The molecule has 0 aliphatic carbocycles. The first-order valence-corrected chi connectivity index (χ1v) is 7.82. The molecule has 3 heteroatoms. The van der Waals surface area contributed by atoms with Gasteiger partial charge in [0.25, 0.3) is 0 Å². The van der Waals surface area contributed by atoms with Crippen LogP contribution in [-0.2, 0) is 0 Å². The fourth-order valence-electron chi connectivity index (χ4n) is 1.96. The Kier molecular flexibility index (Phi) is 5.62. The summed E-state index contributed by atoms with van der Waals surface area (Å²) < 4.78 is 13.5.